The first-order chi connectivity index (χ1) is 57.9. The number of nitrogens with two attached hydrogens (primary N) is 4. The molecule has 1 saturated heterocycles. The third-order valence-electron chi connectivity index (χ3n) is 20.5. The van der Waals surface area contributed by atoms with E-state index in [0.717, 1.165) is 38.5 Å². The number of ether oxygens (including phenoxy) is 1. The highest BCUT2D eigenvalue weighted by atomic mass is 16.5. The minimum absolute atomic E-state index is 0.0444. The van der Waals surface area contributed by atoms with Gasteiger partial charge in [-0.05, 0) is 118 Å². The van der Waals surface area contributed by atoms with Gasteiger partial charge in [-0.15, -0.1) is 0 Å². The van der Waals surface area contributed by atoms with Gasteiger partial charge >= 0.3 is 11.9 Å². The lowest BCUT2D eigenvalue weighted by molar-refractivity contribution is -0.152. The van der Waals surface area contributed by atoms with Crippen molar-refractivity contribution >= 4 is 118 Å². The quantitative estimate of drug-likeness (QED) is 0.0281. The van der Waals surface area contributed by atoms with Crippen molar-refractivity contribution in [2.45, 2.75) is 356 Å². The van der Waals surface area contributed by atoms with E-state index in [1.807, 2.05) is 0 Å². The highest BCUT2D eigenvalue weighted by Crippen LogP contribution is 2.19. The highest BCUT2D eigenvalue weighted by molar-refractivity contribution is 6.01. The van der Waals surface area contributed by atoms with Crippen LogP contribution < -0.4 is 97.4 Å². The predicted octanol–water partition coefficient (Wildman–Crippen LogP) is -0.0135. The number of aliphatic carboxylic acids is 1. The predicted molar refractivity (Wildman–Crippen MR) is 458 cm³/mol. The Kier molecular flexibility index (Phi) is 51.9. The Labute approximate surface area is 728 Å². The second-order valence-electron chi connectivity index (χ2n) is 35.2. The molecule has 1 rings (SSSR count). The number of nitrogens with one attached hydrogen (secondary N) is 14. The summed E-state index contributed by atoms with van der Waals surface area (Å²) in [6.07, 6.45) is 1.18. The van der Waals surface area contributed by atoms with Crippen molar-refractivity contribution in [2.24, 2.45) is 70.3 Å². The summed E-state index contributed by atoms with van der Waals surface area (Å²) < 4.78 is 5.80. The summed E-state index contributed by atoms with van der Waals surface area (Å²) in [4.78, 5) is 280. The number of carbonyl (C=O) groups excluding carboxylic acids is 19. The Bertz CT molecular complexity index is 3590. The Balaban J connectivity index is 4.23. The molecule has 40 heteroatoms. The number of rotatable bonds is 50. The first kappa shape index (κ1) is 111. The molecule has 0 saturated carbocycles. The van der Waals surface area contributed by atoms with Gasteiger partial charge in [0.05, 0.1) is 0 Å². The van der Waals surface area contributed by atoms with Gasteiger partial charge in [0.25, 0.3) is 0 Å². The van der Waals surface area contributed by atoms with E-state index in [9.17, 15) is 91.4 Å². The third-order valence-corrected chi connectivity index (χ3v) is 20.5. The normalized spacial score (nSPS) is 20.4. The molecule has 0 unspecified atom stereocenters. The van der Waals surface area contributed by atoms with Crippen LogP contribution in [0.5, 0.6) is 0 Å². The van der Waals surface area contributed by atoms with E-state index in [4.69, 9.17) is 27.7 Å². The van der Waals surface area contributed by atoms with Gasteiger partial charge in [-0.3, -0.25) is 91.1 Å². The molecule has 124 heavy (non-hydrogen) atoms. The summed E-state index contributed by atoms with van der Waals surface area (Å²) in [6.45, 7) is 27.4. The minimum atomic E-state index is -2.10. The largest absolute Gasteiger partial charge is 0.481 e. The SMILES string of the molecule is CCCCCCCCCC(=O)N[C@@H](CC(C)C)C(=O)N[C@H](CCC(=O)O)C(=O)N[C@H](CCC(N)=O)C(=O)N[C@@H](C(=O)N[C@H](CC(C)C)C(=O)N[C@@H](CCC(N)=O)C(=O)N[C@H]1COC(=O)[C@H]([C@@H](C)CC)NC(=O)[C@@H](CCC(N)=O)NC(=O)[C@H](CC(C)C)NC(=O)[C@H](CC(C)C)NC(=O)[C@@H](CCC(N)=O)NC(=O)[C@@H](CC(C)C)NC(=O)[C@@H](C(C)C)NC1=O)C(C)C. The molecule has 1 aliphatic heterocycles. The fourth-order valence-corrected chi connectivity index (χ4v) is 13.4. The molecule has 0 radical (unpaired) electrons. The van der Waals surface area contributed by atoms with Crippen molar-refractivity contribution < 1.29 is 106 Å². The van der Waals surface area contributed by atoms with Crippen LogP contribution in [0.15, 0.2) is 0 Å². The molecule has 0 bridgehead atoms. The number of hydrogen-bond donors (Lipinski definition) is 19. The van der Waals surface area contributed by atoms with Crippen molar-refractivity contribution in [1.82, 2.24) is 74.4 Å². The van der Waals surface area contributed by atoms with Crippen LogP contribution in [0.2, 0.25) is 0 Å². The Morgan fingerprint density at radius 2 is 0.734 bits per heavy atom. The lowest BCUT2D eigenvalue weighted by atomic mass is 9.97. The van der Waals surface area contributed by atoms with E-state index in [0.29, 0.717) is 6.42 Å². The molecule has 0 aromatic heterocycles. The molecule has 704 valence electrons. The second kappa shape index (κ2) is 57.8. The smallest absolute Gasteiger partial charge is 0.329 e. The molecule has 40 nitrogen and oxygen atoms in total. The van der Waals surface area contributed by atoms with E-state index < -0.39 is 297 Å². The van der Waals surface area contributed by atoms with E-state index in [1.54, 1.807) is 76.2 Å². The van der Waals surface area contributed by atoms with Crippen molar-refractivity contribution in [3.05, 3.63) is 0 Å². The maximum atomic E-state index is 15.1. The number of cyclic esters (lactones) is 1. The summed E-state index contributed by atoms with van der Waals surface area (Å²) in [6, 6.07) is -22.6. The van der Waals surface area contributed by atoms with Gasteiger partial charge in [0.1, 0.15) is 91.2 Å². The van der Waals surface area contributed by atoms with E-state index in [-0.39, 0.29) is 68.6 Å². The van der Waals surface area contributed by atoms with Crippen LogP contribution in [0.25, 0.3) is 0 Å². The van der Waals surface area contributed by atoms with Gasteiger partial charge in [0, 0.05) is 38.5 Å². The summed E-state index contributed by atoms with van der Waals surface area (Å²) in [5.74, 6) is -24.5. The van der Waals surface area contributed by atoms with Crippen LogP contribution in [-0.4, -0.2) is 215 Å². The van der Waals surface area contributed by atoms with Crippen LogP contribution in [0, 0.1) is 47.3 Å². The van der Waals surface area contributed by atoms with Gasteiger partial charge in [0.15, 0.2) is 0 Å². The van der Waals surface area contributed by atoms with Gasteiger partial charge in [-0.25, -0.2) is 4.79 Å². The average Bonchev–Trinajstić information content (AvgIpc) is 0.983. The maximum absolute atomic E-state index is 15.1. The highest BCUT2D eigenvalue weighted by Gasteiger charge is 2.41. The molecule has 1 fully saturated rings. The van der Waals surface area contributed by atoms with Crippen LogP contribution in [-0.2, 0) is 101 Å². The Morgan fingerprint density at radius 1 is 0.379 bits per heavy atom. The molecule has 1 heterocycles. The fraction of sp³-hybridized carbons (Fsp3) is 0.762. The third kappa shape index (κ3) is 44.6. The molecule has 15 atom stereocenters. The number of unbranched alkanes of at least 4 members (excludes halogenated alkanes) is 6. The number of primary amides is 4. The lowest BCUT2D eigenvalue weighted by Crippen LogP contribution is -2.62. The number of esters is 1. The summed E-state index contributed by atoms with van der Waals surface area (Å²) in [5, 5.41) is 45.7. The Hall–Kier alpha value is -10.6. The standard InChI is InChI=1S/C84H146N18O22/c1-18-20-21-22-23-24-25-26-66(107)89-56(37-43(3)4)76(115)94-55(31-36-67(108)109)71(110)90-53(29-34-64(87)105)74(113)100-68(48(13)14)82(121)97-60(41-47(11)12)79(118)92-52(28-33-63(86)104)73(112)99-61-42-124-84(123)70(50(17)19-2)102-75(114)54(30-35-65(88)106)93-77(116)57(38-44(5)6)96-80(119)58(39-45(7)8)95-72(111)51(27-32-62(85)103)91-78(117)59(40-46(9)10)98-83(122)69(49(15)16)101-81(61)120/h43-61,68-70H,18-42H2,1-17H3,(H2,85,103)(H2,86,104)(H2,87,105)(H2,88,106)(H,89,107)(H,90,110)(H,91,117)(H,92,118)(H,93,116)(H,94,115)(H,95,111)(H,96,119)(H,97,121)(H,98,122)(H,99,112)(H,100,113)(H,101,120)(H,102,114)(H,108,109)/t50-,51+,52-,53+,54+,55+,56-,57-,58-,59+,60+,61-,68+,69+,70-/m0/s1. The van der Waals surface area contributed by atoms with Crippen molar-refractivity contribution in [2.75, 3.05) is 6.61 Å². The van der Waals surface area contributed by atoms with Gasteiger partial charge in [0.2, 0.25) is 106 Å². The lowest BCUT2D eigenvalue weighted by Gasteiger charge is -2.30. The zero-order valence-electron chi connectivity index (χ0n) is 75.7. The molecule has 0 aromatic rings. The minimum Gasteiger partial charge on any atom is -0.481 e. The summed E-state index contributed by atoms with van der Waals surface area (Å²) in [5.41, 5.74) is 22.2. The molecule has 1 aliphatic rings. The van der Waals surface area contributed by atoms with Crippen molar-refractivity contribution in [3.8, 4) is 0 Å². The topological polar surface area (TPSA) is 643 Å². The molecular weight excluding hydrogens is 1610 g/mol. The monoisotopic (exact) mass is 1760 g/mol. The molecular formula is C84H146N18O22. The molecule has 0 spiro atoms. The first-order valence-electron chi connectivity index (χ1n) is 43.7. The zero-order chi connectivity index (χ0) is 94.5. The second-order valence-corrected chi connectivity index (χ2v) is 35.2. The number of hydrogen-bond acceptors (Lipinski definition) is 21. The summed E-state index contributed by atoms with van der Waals surface area (Å²) >= 11 is 0. The van der Waals surface area contributed by atoms with Crippen LogP contribution in [0.1, 0.15) is 272 Å². The summed E-state index contributed by atoms with van der Waals surface area (Å²) in [7, 11) is 0. The van der Waals surface area contributed by atoms with Gasteiger partial charge in [-0.1, -0.05) is 163 Å². The van der Waals surface area contributed by atoms with Crippen molar-refractivity contribution in [1.29, 1.82) is 0 Å². The van der Waals surface area contributed by atoms with Crippen molar-refractivity contribution in [3.63, 3.8) is 0 Å². The van der Waals surface area contributed by atoms with Gasteiger partial charge < -0.3 is 107 Å². The molecule has 0 aliphatic carbocycles. The molecule has 0 aromatic carbocycles. The van der Waals surface area contributed by atoms with E-state index >= 15 is 9.59 Å². The number of carboxylic acid groups (broad SMARTS) is 1. The number of amides is 18. The van der Waals surface area contributed by atoms with E-state index in [2.05, 4.69) is 81.4 Å². The first-order valence-corrected chi connectivity index (χ1v) is 43.7. The number of carbonyl (C=O) groups is 20. The fourth-order valence-electron chi connectivity index (χ4n) is 13.4. The zero-order valence-corrected chi connectivity index (χ0v) is 75.7. The molecule has 23 N–H and O–H groups in total. The average molecular weight is 1760 g/mol. The maximum Gasteiger partial charge on any atom is 0.329 e. The van der Waals surface area contributed by atoms with Crippen LogP contribution >= 0.6 is 0 Å². The van der Waals surface area contributed by atoms with Crippen LogP contribution in [0.3, 0.4) is 0 Å². The molecule has 18 amide bonds. The Morgan fingerprint density at radius 3 is 1.13 bits per heavy atom. The van der Waals surface area contributed by atoms with E-state index in [1.165, 1.54) is 34.6 Å². The number of carboxylic acids is 1. The van der Waals surface area contributed by atoms with Gasteiger partial charge in [-0.2, -0.15) is 0 Å². The van der Waals surface area contributed by atoms with Crippen LogP contribution in [0.4, 0.5) is 0 Å².